The van der Waals surface area contributed by atoms with Gasteiger partial charge in [0, 0.05) is 27.7 Å². The Hall–Kier alpha value is -3.56. The third-order valence-electron chi connectivity index (χ3n) is 18.2. The zero-order valence-corrected chi connectivity index (χ0v) is 54.2. The highest BCUT2D eigenvalue weighted by atomic mass is 16.8. The van der Waals surface area contributed by atoms with E-state index < -0.39 is 315 Å². The predicted octanol–water partition coefficient (Wildman–Crippen LogP) is -16.8. The maximum absolute atomic E-state index is 13.1. The fraction of sp³-hybridized carbons (Fsp3) is 0.929. The molecular formula is C56H94N4O40. The number of carbonyl (C=O) groups is 4. The molecule has 25 N–H and O–H groups in total. The molecule has 8 fully saturated rings. The molecule has 0 aliphatic carbocycles. The van der Waals surface area contributed by atoms with Crippen LogP contribution in [0.2, 0.25) is 0 Å². The van der Waals surface area contributed by atoms with Crippen molar-refractivity contribution < 1.29 is 197 Å². The van der Waals surface area contributed by atoms with Crippen LogP contribution in [0.15, 0.2) is 0 Å². The van der Waals surface area contributed by atoms with Crippen molar-refractivity contribution in [3.8, 4) is 0 Å². The predicted molar refractivity (Wildman–Crippen MR) is 309 cm³/mol. The summed E-state index contributed by atoms with van der Waals surface area (Å²) in [7, 11) is 0. The molecule has 8 saturated heterocycles. The van der Waals surface area contributed by atoms with Crippen LogP contribution in [-0.2, 0) is 90.2 Å². The van der Waals surface area contributed by atoms with Crippen molar-refractivity contribution in [3.05, 3.63) is 0 Å². The van der Waals surface area contributed by atoms with Crippen molar-refractivity contribution in [2.75, 3.05) is 46.2 Å². The summed E-state index contributed by atoms with van der Waals surface area (Å²) >= 11 is 0. The van der Waals surface area contributed by atoms with Crippen LogP contribution < -0.4 is 21.3 Å². The number of amides is 4. The summed E-state index contributed by atoms with van der Waals surface area (Å²) in [4.78, 5) is 50.2. The van der Waals surface area contributed by atoms with Gasteiger partial charge in [-0.2, -0.15) is 0 Å². The average Bonchev–Trinajstić information content (AvgIpc) is 0.773. The van der Waals surface area contributed by atoms with E-state index in [0.717, 1.165) is 27.7 Å². The van der Waals surface area contributed by atoms with Crippen LogP contribution in [0.4, 0.5) is 0 Å². The van der Waals surface area contributed by atoms with Crippen LogP contribution in [0.5, 0.6) is 0 Å². The second kappa shape index (κ2) is 35.7. The average molecular weight is 1460 g/mol. The number of aliphatic hydroxyl groups is 21. The number of carbonyl (C=O) groups excluding carboxylic acids is 4. The molecule has 44 nitrogen and oxygen atoms in total. The lowest BCUT2D eigenvalue weighted by atomic mass is 9.93. The number of ether oxygens (including phenoxy) is 15. The van der Waals surface area contributed by atoms with E-state index in [9.17, 15) is 126 Å². The zero-order valence-electron chi connectivity index (χ0n) is 54.2. The number of nitrogens with one attached hydrogen (secondary N) is 4. The summed E-state index contributed by atoms with van der Waals surface area (Å²) in [5.74, 6) is -3.42. The Balaban J connectivity index is 1.14. The molecule has 0 aromatic carbocycles. The lowest BCUT2D eigenvalue weighted by Crippen LogP contribution is -2.71. The van der Waals surface area contributed by atoms with Gasteiger partial charge in [0.1, 0.15) is 189 Å². The highest BCUT2D eigenvalue weighted by Gasteiger charge is 2.60. The molecule has 0 aromatic rings. The van der Waals surface area contributed by atoms with Gasteiger partial charge in [-0.3, -0.25) is 19.2 Å². The normalized spacial score (nSPS) is 48.7. The molecule has 0 aromatic heterocycles. The topological polar surface area (TPSA) is 680 Å². The van der Waals surface area contributed by atoms with Gasteiger partial charge in [-0.25, -0.2) is 0 Å². The van der Waals surface area contributed by atoms with Gasteiger partial charge in [0.15, 0.2) is 50.3 Å². The summed E-state index contributed by atoms with van der Waals surface area (Å²) in [5.41, 5.74) is 0. The SMILES string of the molecule is CC(=O)N[C@H]1[C@H](O[C@H]2[C@H](O)[C@@H](NC(C)=O)C(O)O[C@@H]2CO[C@@H]2O[C@@H](C)[C@@H](O)[C@@H](O)[C@@H]2O)O[C@H](CO)[C@@H](O[C@@H]2O[C@H](CO[C@H]3O[C@H](CO)[C@@H](O)[C@H](O)[C@@H]3OC3O[C@H](CO)[C@@H](O)[C@H](O)[C@H]3NC(C)=O)[C@@H](O)[C@H](O[C@H]3O[C@H](CO)[C@@H](O)[C@H](O)[C@@H]3OC3O[C@H](CO)[C@@H](O)[C@H](O)[C@H]3NC(C)=O)[C@@H]2O)[C@@H]1O. The van der Waals surface area contributed by atoms with E-state index in [1.54, 1.807) is 0 Å². The van der Waals surface area contributed by atoms with Crippen molar-refractivity contribution in [2.45, 2.75) is 280 Å². The van der Waals surface area contributed by atoms with Crippen molar-refractivity contribution in [2.24, 2.45) is 0 Å². The van der Waals surface area contributed by atoms with Crippen LogP contribution in [0.3, 0.4) is 0 Å². The van der Waals surface area contributed by atoms with E-state index in [1.165, 1.54) is 6.92 Å². The van der Waals surface area contributed by atoms with E-state index in [-0.39, 0.29) is 0 Å². The zero-order chi connectivity index (χ0) is 73.8. The lowest BCUT2D eigenvalue weighted by Gasteiger charge is -2.51. The molecule has 8 aliphatic heterocycles. The Labute approximate surface area is 567 Å². The minimum atomic E-state index is -2.50. The van der Waals surface area contributed by atoms with Crippen LogP contribution in [-0.4, -0.2) is 423 Å². The van der Waals surface area contributed by atoms with Gasteiger partial charge in [-0.1, -0.05) is 0 Å². The molecular weight excluding hydrogens is 1370 g/mol. The summed E-state index contributed by atoms with van der Waals surface area (Å²) in [5, 5.41) is 242. The molecule has 0 spiro atoms. The van der Waals surface area contributed by atoms with Gasteiger partial charge >= 0.3 is 0 Å². The Morgan fingerprint density at radius 2 is 0.620 bits per heavy atom. The lowest BCUT2D eigenvalue weighted by molar-refractivity contribution is -0.396. The fourth-order valence-electron chi connectivity index (χ4n) is 12.8. The third-order valence-corrected chi connectivity index (χ3v) is 18.2. The van der Waals surface area contributed by atoms with E-state index in [4.69, 9.17) is 71.1 Å². The van der Waals surface area contributed by atoms with Gasteiger partial charge in [0.05, 0.1) is 52.4 Å². The smallest absolute Gasteiger partial charge is 0.217 e. The molecule has 8 heterocycles. The number of rotatable bonds is 25. The maximum atomic E-state index is 13.1. The first kappa shape index (κ1) is 82.1. The first-order valence-corrected chi connectivity index (χ1v) is 32.0. The van der Waals surface area contributed by atoms with Gasteiger partial charge < -0.3 is 200 Å². The van der Waals surface area contributed by atoms with E-state index in [0.29, 0.717) is 0 Å². The van der Waals surface area contributed by atoms with Crippen molar-refractivity contribution in [1.29, 1.82) is 0 Å². The summed E-state index contributed by atoms with van der Waals surface area (Å²) in [6.07, 6.45) is -71.6. The molecule has 0 saturated carbocycles. The molecule has 8 aliphatic rings. The molecule has 44 heteroatoms. The van der Waals surface area contributed by atoms with E-state index >= 15 is 0 Å². The second-order valence-electron chi connectivity index (χ2n) is 25.4. The Bertz CT molecular complexity index is 2620. The fourth-order valence-corrected chi connectivity index (χ4v) is 12.8. The van der Waals surface area contributed by atoms with Crippen molar-refractivity contribution in [1.82, 2.24) is 21.3 Å². The molecule has 578 valence electrons. The minimum absolute atomic E-state index is 0.809. The standard InChI is InChI=1S/C56H94N4O40/c1-13-29(70)39(80)42(83)53(88-13)86-12-24-45(37(78)25(49(85)89-24)57-14(2)66)96-52-28(60-17(5)69)38(79)44(22(10-65)94-52)97-54-43(84)46(98-56-48(41(82)33(74)21(9-64)93-56)100-51-27(59-16(4)68)36(77)31(72)19(7-62)91-51)34(75)23(95-54)11-87-55-47(40(81)32(73)20(8-63)92-55)99-50-26(58-15(3)67)35(76)30(71)18(6-61)90-50/h13,18-56,61-65,70-85H,6-12H2,1-5H3,(H,57,66)(H,58,67)(H,59,68)(H,60,69)/t13-,18+,19+,20+,21+,22+,23+,24+,25+,26+,27+,28+,29+,30+,31+,32+,33+,34+,35+,36+,37+,38+,39+,40-,41-,42-,43-,44+,45+,46-,47-,48-,49?,50?,51?,52-,53+,54-,55-,56+/m0/s1. The van der Waals surface area contributed by atoms with Gasteiger partial charge in [0.25, 0.3) is 0 Å². The first-order valence-electron chi connectivity index (χ1n) is 32.0. The largest absolute Gasteiger partial charge is 0.394 e. The molecule has 100 heavy (non-hydrogen) atoms. The Morgan fingerprint density at radius 1 is 0.280 bits per heavy atom. The molecule has 3 unspecified atom stereocenters. The molecule has 8 rings (SSSR count). The summed E-state index contributed by atoms with van der Waals surface area (Å²) in [6.45, 7) is -1.92. The summed E-state index contributed by atoms with van der Waals surface area (Å²) < 4.78 is 88.8. The third kappa shape index (κ3) is 18.3. The first-order chi connectivity index (χ1) is 47.2. The quantitative estimate of drug-likeness (QED) is 0.0404. The van der Waals surface area contributed by atoms with E-state index in [2.05, 4.69) is 21.3 Å². The van der Waals surface area contributed by atoms with Crippen LogP contribution in [0.1, 0.15) is 34.6 Å². The highest BCUT2D eigenvalue weighted by Crippen LogP contribution is 2.38. The van der Waals surface area contributed by atoms with Crippen LogP contribution >= 0.6 is 0 Å². The van der Waals surface area contributed by atoms with Crippen LogP contribution in [0.25, 0.3) is 0 Å². The molecule has 4 amide bonds. The van der Waals surface area contributed by atoms with Crippen LogP contribution in [0, 0.1) is 0 Å². The highest BCUT2D eigenvalue weighted by molar-refractivity contribution is 5.74. The van der Waals surface area contributed by atoms with Crippen molar-refractivity contribution >= 4 is 23.6 Å². The van der Waals surface area contributed by atoms with Crippen molar-refractivity contribution in [3.63, 3.8) is 0 Å². The molecule has 40 atom stereocenters. The molecule has 0 radical (unpaired) electrons. The van der Waals surface area contributed by atoms with Gasteiger partial charge in [-0.05, 0) is 6.92 Å². The van der Waals surface area contributed by atoms with Gasteiger partial charge in [-0.15, -0.1) is 0 Å². The monoisotopic (exact) mass is 1460 g/mol. The van der Waals surface area contributed by atoms with E-state index in [1.807, 2.05) is 0 Å². The van der Waals surface area contributed by atoms with Gasteiger partial charge in [0.2, 0.25) is 23.6 Å². The maximum Gasteiger partial charge on any atom is 0.217 e. The molecule has 0 bridgehead atoms. The second-order valence-corrected chi connectivity index (χ2v) is 25.4. The number of hydrogen-bond donors (Lipinski definition) is 25. The summed E-state index contributed by atoms with van der Waals surface area (Å²) in [6, 6.07) is -7.10. The minimum Gasteiger partial charge on any atom is -0.394 e. The number of hydrogen-bond acceptors (Lipinski definition) is 40. The Kier molecular flexibility index (Phi) is 29.3. The Morgan fingerprint density at radius 3 is 1.09 bits per heavy atom. The number of aliphatic hydroxyl groups excluding tert-OH is 21.